The van der Waals surface area contributed by atoms with Crippen molar-refractivity contribution in [1.82, 2.24) is 0 Å². The van der Waals surface area contributed by atoms with Crippen molar-refractivity contribution in [2.24, 2.45) is 5.73 Å². The highest BCUT2D eigenvalue weighted by Crippen LogP contribution is 2.29. The van der Waals surface area contributed by atoms with E-state index < -0.39 is 0 Å². The van der Waals surface area contributed by atoms with Crippen molar-refractivity contribution in [3.63, 3.8) is 0 Å². The van der Waals surface area contributed by atoms with E-state index in [4.69, 9.17) is 5.73 Å². The summed E-state index contributed by atoms with van der Waals surface area (Å²) in [4.78, 5) is 0. The summed E-state index contributed by atoms with van der Waals surface area (Å²) >= 11 is 3.56. The fourth-order valence-corrected chi connectivity index (χ4v) is 2.34. The summed E-state index contributed by atoms with van der Waals surface area (Å²) < 4.78 is 1.13. The molecule has 1 atom stereocenters. The zero-order valence-electron chi connectivity index (χ0n) is 8.70. The van der Waals surface area contributed by atoms with Gasteiger partial charge < -0.3 is 5.73 Å². The van der Waals surface area contributed by atoms with Crippen LogP contribution in [-0.2, 0) is 0 Å². The quantitative estimate of drug-likeness (QED) is 0.871. The molecule has 2 N–H and O–H groups in total. The lowest BCUT2D eigenvalue weighted by Gasteiger charge is -2.13. The van der Waals surface area contributed by atoms with Crippen molar-refractivity contribution in [3.8, 4) is 0 Å². The van der Waals surface area contributed by atoms with Gasteiger partial charge in [-0.05, 0) is 28.8 Å². The molecule has 15 heavy (non-hydrogen) atoms. The highest BCUT2D eigenvalue weighted by Gasteiger charge is 2.08. The lowest BCUT2D eigenvalue weighted by atomic mass is 9.98. The number of fused-ring (bicyclic) bond motifs is 1. The van der Waals surface area contributed by atoms with Crippen LogP contribution in [0.2, 0.25) is 0 Å². The van der Waals surface area contributed by atoms with E-state index in [1.807, 2.05) is 0 Å². The van der Waals surface area contributed by atoms with Crippen LogP contribution >= 0.6 is 15.9 Å². The van der Waals surface area contributed by atoms with Crippen LogP contribution in [0, 0.1) is 0 Å². The van der Waals surface area contributed by atoms with E-state index >= 15 is 0 Å². The van der Waals surface area contributed by atoms with Gasteiger partial charge in [0.1, 0.15) is 0 Å². The first-order valence-electron chi connectivity index (χ1n) is 5.16. The van der Waals surface area contributed by atoms with E-state index in [0.717, 1.165) is 10.9 Å². The van der Waals surface area contributed by atoms with Crippen LogP contribution in [0.5, 0.6) is 0 Å². The summed E-state index contributed by atoms with van der Waals surface area (Å²) in [5.74, 6) is 0. The summed E-state index contributed by atoms with van der Waals surface area (Å²) in [6.07, 6.45) is 0.964. The zero-order chi connectivity index (χ0) is 10.8. The number of nitrogens with two attached hydrogens (primary N) is 1. The first-order chi connectivity index (χ1) is 7.24. The predicted octanol–water partition coefficient (Wildman–Crippen LogP) is 4.01. The lowest BCUT2D eigenvalue weighted by Crippen LogP contribution is -2.08. The molecule has 0 bridgehead atoms. The van der Waals surface area contributed by atoms with Gasteiger partial charge in [0.05, 0.1) is 0 Å². The Hall–Kier alpha value is -0.860. The van der Waals surface area contributed by atoms with Gasteiger partial charge in [-0.25, -0.2) is 0 Å². The maximum absolute atomic E-state index is 6.10. The fraction of sp³-hybridized carbons (Fsp3) is 0.231. The van der Waals surface area contributed by atoms with E-state index in [9.17, 15) is 0 Å². The van der Waals surface area contributed by atoms with Gasteiger partial charge in [0, 0.05) is 10.5 Å². The molecule has 0 radical (unpaired) electrons. The van der Waals surface area contributed by atoms with Gasteiger partial charge in [-0.15, -0.1) is 0 Å². The fourth-order valence-electron chi connectivity index (χ4n) is 1.84. The van der Waals surface area contributed by atoms with Crippen LogP contribution in [0.25, 0.3) is 10.8 Å². The van der Waals surface area contributed by atoms with Crippen molar-refractivity contribution in [1.29, 1.82) is 0 Å². The predicted molar refractivity (Wildman–Crippen MR) is 68.9 cm³/mol. The molecule has 0 heterocycles. The summed E-state index contributed by atoms with van der Waals surface area (Å²) in [6, 6.07) is 12.7. The van der Waals surface area contributed by atoms with Gasteiger partial charge in [0.25, 0.3) is 0 Å². The van der Waals surface area contributed by atoms with Crippen molar-refractivity contribution >= 4 is 26.7 Å². The topological polar surface area (TPSA) is 26.0 Å². The minimum absolute atomic E-state index is 0.128. The molecule has 78 valence electrons. The third-order valence-corrected chi connectivity index (χ3v) is 3.43. The van der Waals surface area contributed by atoms with Gasteiger partial charge in [0.15, 0.2) is 0 Å². The molecule has 0 saturated heterocycles. The second-order valence-corrected chi connectivity index (χ2v) is 4.55. The molecular formula is C13H14BrN. The van der Waals surface area contributed by atoms with Crippen LogP contribution < -0.4 is 5.73 Å². The molecule has 1 unspecified atom stereocenters. The van der Waals surface area contributed by atoms with Crippen molar-refractivity contribution in [3.05, 3.63) is 46.4 Å². The summed E-state index contributed by atoms with van der Waals surface area (Å²) in [5.41, 5.74) is 7.33. The smallest absolute Gasteiger partial charge is 0.0298 e. The maximum Gasteiger partial charge on any atom is 0.0298 e. The number of hydrogen-bond donors (Lipinski definition) is 1. The van der Waals surface area contributed by atoms with Crippen LogP contribution in [0.15, 0.2) is 40.9 Å². The molecule has 0 aliphatic heterocycles. The molecule has 0 spiro atoms. The van der Waals surface area contributed by atoms with Crippen LogP contribution in [0.3, 0.4) is 0 Å². The van der Waals surface area contributed by atoms with Crippen LogP contribution in [-0.4, -0.2) is 0 Å². The molecule has 0 fully saturated rings. The molecule has 2 aromatic rings. The van der Waals surface area contributed by atoms with Gasteiger partial charge in [-0.3, -0.25) is 0 Å². The Kier molecular flexibility index (Phi) is 3.08. The summed E-state index contributed by atoms with van der Waals surface area (Å²) in [5, 5.41) is 2.49. The molecule has 2 heteroatoms. The van der Waals surface area contributed by atoms with Gasteiger partial charge in [-0.1, -0.05) is 53.2 Å². The Bertz CT molecular complexity index is 479. The Morgan fingerprint density at radius 3 is 2.53 bits per heavy atom. The highest BCUT2D eigenvalue weighted by atomic mass is 79.9. The largest absolute Gasteiger partial charge is 0.324 e. The Morgan fingerprint density at radius 2 is 1.80 bits per heavy atom. The average molecular weight is 264 g/mol. The van der Waals surface area contributed by atoms with E-state index in [1.165, 1.54) is 16.3 Å². The zero-order valence-corrected chi connectivity index (χ0v) is 10.3. The van der Waals surface area contributed by atoms with Gasteiger partial charge in [0.2, 0.25) is 0 Å². The van der Waals surface area contributed by atoms with Crippen molar-refractivity contribution in [2.75, 3.05) is 0 Å². The number of halogens is 1. The maximum atomic E-state index is 6.10. The minimum atomic E-state index is 0.128. The minimum Gasteiger partial charge on any atom is -0.324 e. The molecule has 2 aromatic carbocycles. The lowest BCUT2D eigenvalue weighted by molar-refractivity contribution is 0.704. The molecule has 0 aromatic heterocycles. The number of rotatable bonds is 2. The Morgan fingerprint density at radius 1 is 1.13 bits per heavy atom. The Balaban J connectivity index is 2.71. The van der Waals surface area contributed by atoms with Crippen molar-refractivity contribution < 1.29 is 0 Å². The molecular weight excluding hydrogens is 250 g/mol. The van der Waals surface area contributed by atoms with Crippen molar-refractivity contribution in [2.45, 2.75) is 19.4 Å². The normalized spacial score (nSPS) is 13.0. The second kappa shape index (κ2) is 4.33. The summed E-state index contributed by atoms with van der Waals surface area (Å²) in [6.45, 7) is 2.11. The average Bonchev–Trinajstić information content (AvgIpc) is 2.28. The molecule has 1 nitrogen and oxygen atoms in total. The molecule has 0 amide bonds. The third-order valence-electron chi connectivity index (χ3n) is 2.74. The highest BCUT2D eigenvalue weighted by molar-refractivity contribution is 9.10. The van der Waals surface area contributed by atoms with E-state index in [0.29, 0.717) is 0 Å². The van der Waals surface area contributed by atoms with Crippen LogP contribution in [0.1, 0.15) is 24.9 Å². The monoisotopic (exact) mass is 263 g/mol. The first kappa shape index (κ1) is 10.7. The first-order valence-corrected chi connectivity index (χ1v) is 5.96. The third kappa shape index (κ3) is 1.92. The van der Waals surface area contributed by atoms with E-state index in [-0.39, 0.29) is 6.04 Å². The molecule has 0 aliphatic carbocycles. The second-order valence-electron chi connectivity index (χ2n) is 3.70. The summed E-state index contributed by atoms with van der Waals surface area (Å²) in [7, 11) is 0. The number of benzene rings is 2. The molecule has 0 aliphatic rings. The molecule has 2 rings (SSSR count). The van der Waals surface area contributed by atoms with Crippen LogP contribution in [0.4, 0.5) is 0 Å². The van der Waals surface area contributed by atoms with Gasteiger partial charge in [-0.2, -0.15) is 0 Å². The number of hydrogen-bond acceptors (Lipinski definition) is 1. The Labute approximate surface area is 98.4 Å². The van der Waals surface area contributed by atoms with E-state index in [1.54, 1.807) is 0 Å². The SMILES string of the molecule is CCC(N)c1cccc2c(Br)cccc12. The van der Waals surface area contributed by atoms with E-state index in [2.05, 4.69) is 59.3 Å². The van der Waals surface area contributed by atoms with Gasteiger partial charge >= 0.3 is 0 Å². The standard InChI is InChI=1S/C13H14BrN/c1-2-13(15)11-7-3-6-10-9(11)5-4-8-12(10)14/h3-8,13H,2,15H2,1H3. The molecule has 0 saturated carbocycles.